The molecule has 0 aliphatic carbocycles. The number of nitrogens with zero attached hydrogens (tertiary/aromatic N) is 2. The van der Waals surface area contributed by atoms with E-state index in [0.717, 1.165) is 24.2 Å². The molecule has 1 aliphatic heterocycles. The Balaban J connectivity index is 2.06. The molecule has 1 unspecified atom stereocenters. The van der Waals surface area contributed by atoms with E-state index in [9.17, 15) is 4.39 Å². The quantitative estimate of drug-likeness (QED) is 0.898. The molecule has 0 spiro atoms. The highest BCUT2D eigenvalue weighted by atomic mass is 19.1. The van der Waals surface area contributed by atoms with E-state index in [4.69, 9.17) is 0 Å². The monoisotopic (exact) mass is 259 g/mol. The first-order valence-electron chi connectivity index (χ1n) is 6.71. The fraction of sp³-hybridized carbons (Fsp3) is 0.400. The predicted molar refractivity (Wildman–Crippen MR) is 72.6 cm³/mol. The predicted octanol–water partition coefficient (Wildman–Crippen LogP) is 2.84. The zero-order valence-electron chi connectivity index (χ0n) is 11.2. The zero-order chi connectivity index (χ0) is 13.4. The van der Waals surface area contributed by atoms with Gasteiger partial charge in [0, 0.05) is 19.0 Å². The third-order valence-corrected chi connectivity index (χ3v) is 3.66. The molecule has 1 atom stereocenters. The number of aromatic nitrogens is 2. The highest BCUT2D eigenvalue weighted by molar-refractivity contribution is 5.33. The van der Waals surface area contributed by atoms with Crippen LogP contribution in [-0.4, -0.2) is 16.1 Å². The topological polar surface area (TPSA) is 29.9 Å². The molecule has 2 aromatic rings. The molecule has 0 saturated carbocycles. The van der Waals surface area contributed by atoms with Crippen molar-refractivity contribution in [3.8, 4) is 0 Å². The lowest BCUT2D eigenvalue weighted by Crippen LogP contribution is -2.32. The van der Waals surface area contributed by atoms with E-state index >= 15 is 0 Å². The highest BCUT2D eigenvalue weighted by Crippen LogP contribution is 2.30. The van der Waals surface area contributed by atoms with Crippen LogP contribution in [0.25, 0.3) is 0 Å². The van der Waals surface area contributed by atoms with Crippen LogP contribution < -0.4 is 5.32 Å². The van der Waals surface area contributed by atoms with Crippen LogP contribution in [0.3, 0.4) is 0 Å². The molecule has 1 aromatic heterocycles. The molecule has 0 fully saturated rings. The van der Waals surface area contributed by atoms with E-state index in [1.54, 1.807) is 0 Å². The van der Waals surface area contributed by atoms with E-state index in [1.165, 1.54) is 17.8 Å². The highest BCUT2D eigenvalue weighted by Gasteiger charge is 2.26. The van der Waals surface area contributed by atoms with Gasteiger partial charge in [-0.25, -0.2) is 9.37 Å². The molecular weight excluding hydrogens is 241 g/mol. The molecular formula is C15H18FN3. The summed E-state index contributed by atoms with van der Waals surface area (Å²) in [7, 11) is 0. The summed E-state index contributed by atoms with van der Waals surface area (Å²) < 4.78 is 15.3. The van der Waals surface area contributed by atoms with Crippen molar-refractivity contribution in [1.29, 1.82) is 0 Å². The number of rotatable bonds is 2. The second-order valence-electron chi connectivity index (χ2n) is 5.27. The van der Waals surface area contributed by atoms with Crippen LogP contribution in [0.1, 0.15) is 42.9 Å². The SMILES string of the molecule is CC(C)n1cnc2c1C(c1ccc(F)cc1)NCC2. The normalized spacial score (nSPS) is 18.6. The second kappa shape index (κ2) is 4.78. The van der Waals surface area contributed by atoms with Crippen molar-refractivity contribution in [3.05, 3.63) is 53.4 Å². The number of nitrogens with one attached hydrogen (secondary N) is 1. The Morgan fingerprint density at radius 1 is 1.32 bits per heavy atom. The van der Waals surface area contributed by atoms with Crippen LogP contribution in [-0.2, 0) is 6.42 Å². The molecule has 1 aromatic carbocycles. The molecule has 3 nitrogen and oxygen atoms in total. The molecule has 100 valence electrons. The molecule has 3 rings (SSSR count). The van der Waals surface area contributed by atoms with Crippen LogP contribution in [0.5, 0.6) is 0 Å². The van der Waals surface area contributed by atoms with Gasteiger partial charge < -0.3 is 9.88 Å². The first-order valence-corrected chi connectivity index (χ1v) is 6.71. The fourth-order valence-corrected chi connectivity index (χ4v) is 2.69. The van der Waals surface area contributed by atoms with Gasteiger partial charge in [-0.3, -0.25) is 0 Å². The van der Waals surface area contributed by atoms with Crippen LogP contribution in [0, 0.1) is 5.82 Å². The van der Waals surface area contributed by atoms with Crippen LogP contribution in [0.15, 0.2) is 30.6 Å². The van der Waals surface area contributed by atoms with Gasteiger partial charge in [0.15, 0.2) is 0 Å². The summed E-state index contributed by atoms with van der Waals surface area (Å²) in [6.45, 7) is 5.21. The number of imidazole rings is 1. The van der Waals surface area contributed by atoms with E-state index in [0.29, 0.717) is 6.04 Å². The summed E-state index contributed by atoms with van der Waals surface area (Å²) in [5.41, 5.74) is 3.46. The summed E-state index contributed by atoms with van der Waals surface area (Å²) in [6, 6.07) is 7.20. The van der Waals surface area contributed by atoms with Gasteiger partial charge >= 0.3 is 0 Å². The summed E-state index contributed by atoms with van der Waals surface area (Å²) >= 11 is 0. The van der Waals surface area contributed by atoms with Gasteiger partial charge in [-0.05, 0) is 31.5 Å². The van der Waals surface area contributed by atoms with Crippen molar-refractivity contribution in [2.45, 2.75) is 32.4 Å². The molecule has 0 radical (unpaired) electrons. The molecule has 0 saturated heterocycles. The number of halogens is 1. The number of fused-ring (bicyclic) bond motifs is 1. The zero-order valence-corrected chi connectivity index (χ0v) is 11.2. The van der Waals surface area contributed by atoms with Crippen LogP contribution in [0.4, 0.5) is 4.39 Å². The van der Waals surface area contributed by atoms with Gasteiger partial charge in [-0.1, -0.05) is 12.1 Å². The Labute approximate surface area is 112 Å². The lowest BCUT2D eigenvalue weighted by molar-refractivity contribution is 0.491. The van der Waals surface area contributed by atoms with Gasteiger partial charge in [0.25, 0.3) is 0 Å². The first kappa shape index (κ1) is 12.4. The first-order chi connectivity index (χ1) is 9.16. The van der Waals surface area contributed by atoms with E-state index in [1.807, 2.05) is 18.5 Å². The van der Waals surface area contributed by atoms with Gasteiger partial charge in [-0.2, -0.15) is 0 Å². The molecule has 1 N–H and O–H groups in total. The molecule has 4 heteroatoms. The van der Waals surface area contributed by atoms with E-state index < -0.39 is 0 Å². The average Bonchev–Trinajstić information content (AvgIpc) is 2.83. The second-order valence-corrected chi connectivity index (χ2v) is 5.27. The molecule has 0 amide bonds. The minimum atomic E-state index is -0.197. The number of hydrogen-bond donors (Lipinski definition) is 1. The van der Waals surface area contributed by atoms with Gasteiger partial charge in [-0.15, -0.1) is 0 Å². The van der Waals surface area contributed by atoms with Crippen molar-refractivity contribution in [2.75, 3.05) is 6.54 Å². The minimum Gasteiger partial charge on any atom is -0.330 e. The summed E-state index contributed by atoms with van der Waals surface area (Å²) in [4.78, 5) is 4.52. The summed E-state index contributed by atoms with van der Waals surface area (Å²) in [5, 5.41) is 3.51. The van der Waals surface area contributed by atoms with Crippen molar-refractivity contribution < 1.29 is 4.39 Å². The van der Waals surface area contributed by atoms with Crippen LogP contribution >= 0.6 is 0 Å². The average molecular weight is 259 g/mol. The third-order valence-electron chi connectivity index (χ3n) is 3.66. The molecule has 2 heterocycles. The minimum absolute atomic E-state index is 0.106. The van der Waals surface area contributed by atoms with Gasteiger partial charge in [0.1, 0.15) is 5.82 Å². The lowest BCUT2D eigenvalue weighted by Gasteiger charge is -2.27. The fourth-order valence-electron chi connectivity index (χ4n) is 2.69. The smallest absolute Gasteiger partial charge is 0.123 e. The van der Waals surface area contributed by atoms with Crippen molar-refractivity contribution in [2.24, 2.45) is 0 Å². The largest absolute Gasteiger partial charge is 0.330 e. The Bertz CT molecular complexity index is 572. The van der Waals surface area contributed by atoms with E-state index in [2.05, 4.69) is 28.7 Å². The molecule has 1 aliphatic rings. The third kappa shape index (κ3) is 2.16. The van der Waals surface area contributed by atoms with Crippen LogP contribution in [0.2, 0.25) is 0 Å². The maximum atomic E-state index is 13.1. The Kier molecular flexibility index (Phi) is 3.11. The van der Waals surface area contributed by atoms with Gasteiger partial charge in [0.2, 0.25) is 0 Å². The Morgan fingerprint density at radius 3 is 2.74 bits per heavy atom. The van der Waals surface area contributed by atoms with Crippen molar-refractivity contribution >= 4 is 0 Å². The van der Waals surface area contributed by atoms with E-state index in [-0.39, 0.29) is 11.9 Å². The Morgan fingerprint density at radius 2 is 2.05 bits per heavy atom. The lowest BCUT2D eigenvalue weighted by atomic mass is 9.97. The number of hydrogen-bond acceptors (Lipinski definition) is 2. The Hall–Kier alpha value is -1.68. The molecule has 19 heavy (non-hydrogen) atoms. The standard InChI is InChI=1S/C15H18FN3/c1-10(2)19-9-18-13-7-8-17-14(15(13)19)11-3-5-12(16)6-4-11/h3-6,9-10,14,17H,7-8H2,1-2H3. The summed E-state index contributed by atoms with van der Waals surface area (Å²) in [6.07, 6.45) is 2.87. The number of benzene rings is 1. The summed E-state index contributed by atoms with van der Waals surface area (Å²) in [5.74, 6) is -0.197. The van der Waals surface area contributed by atoms with Crippen molar-refractivity contribution in [3.63, 3.8) is 0 Å². The van der Waals surface area contributed by atoms with Crippen molar-refractivity contribution in [1.82, 2.24) is 14.9 Å². The maximum Gasteiger partial charge on any atom is 0.123 e. The van der Waals surface area contributed by atoms with Gasteiger partial charge in [0.05, 0.1) is 23.8 Å². The maximum absolute atomic E-state index is 13.1. The molecule has 0 bridgehead atoms.